The van der Waals surface area contributed by atoms with E-state index in [1.807, 2.05) is 0 Å². The van der Waals surface area contributed by atoms with Crippen molar-refractivity contribution in [1.82, 2.24) is 4.58 Å². The maximum atomic E-state index is 12.5. The third kappa shape index (κ3) is 9.77. The lowest BCUT2D eigenvalue weighted by Gasteiger charge is -2.19. The molecular weight excluding hydrogens is 749 g/mol. The van der Waals surface area contributed by atoms with Crippen LogP contribution in [0.15, 0.2) is 99.1 Å². The molecule has 15 nitrogen and oxygen atoms in total. The minimum absolute atomic E-state index is 0.0271. The minimum Gasteiger partial charge on any atom is -0.744 e. The van der Waals surface area contributed by atoms with Crippen LogP contribution in [0.1, 0.15) is 5.56 Å². The number of benzene rings is 4. The number of hydrogen-bond donors (Lipinski definition) is 3. The first kappa shape index (κ1) is 38.0. The second kappa shape index (κ2) is 14.8. The van der Waals surface area contributed by atoms with E-state index < -0.39 is 63.5 Å². The van der Waals surface area contributed by atoms with Gasteiger partial charge in [-0.25, -0.2) is 25.6 Å². The molecule has 1 aliphatic heterocycles. The van der Waals surface area contributed by atoms with Gasteiger partial charge in [-0.2, -0.15) is 16.8 Å². The van der Waals surface area contributed by atoms with Gasteiger partial charge in [-0.3, -0.25) is 9.11 Å². The maximum Gasteiger partial charge on any atom is 0.397 e. The van der Waals surface area contributed by atoms with Crippen LogP contribution in [0.3, 0.4) is 0 Å². The SMILES string of the molecule is C[N+](CCS(=O)(=O)O)=c1ccc2c(-c3ccccc3S(=O)(=O)[O-])c3ccc(NCCc4ccc(S(=O)(=O)CCOS(=O)(=O)O)cc4)cc3oc-2c1. The van der Waals surface area contributed by atoms with Gasteiger partial charge in [0.15, 0.2) is 16.4 Å². The zero-order chi connectivity index (χ0) is 37.2. The molecule has 0 amide bonds. The van der Waals surface area contributed by atoms with Crippen LogP contribution in [0.25, 0.3) is 33.4 Å². The maximum absolute atomic E-state index is 12.5. The molecular formula is C32H32N2O13S4. The molecule has 19 heteroatoms. The summed E-state index contributed by atoms with van der Waals surface area (Å²) in [5, 5.41) is 4.32. The molecule has 272 valence electrons. The van der Waals surface area contributed by atoms with Crippen molar-refractivity contribution in [2.24, 2.45) is 0 Å². The van der Waals surface area contributed by atoms with Gasteiger partial charge >= 0.3 is 10.4 Å². The normalized spacial score (nSPS) is 13.4. The smallest absolute Gasteiger partial charge is 0.397 e. The molecule has 3 aromatic rings. The van der Waals surface area contributed by atoms with Crippen LogP contribution < -0.4 is 15.2 Å². The van der Waals surface area contributed by atoms with E-state index in [-0.39, 0.29) is 17.0 Å². The molecule has 0 radical (unpaired) electrons. The van der Waals surface area contributed by atoms with Gasteiger partial charge < -0.3 is 14.3 Å². The summed E-state index contributed by atoms with van der Waals surface area (Å²) in [5.41, 5.74) is 2.84. The topological polar surface area (TPSA) is 237 Å². The summed E-state index contributed by atoms with van der Waals surface area (Å²) in [6, 6.07) is 22.0. The van der Waals surface area contributed by atoms with Gasteiger partial charge in [0.25, 0.3) is 10.1 Å². The highest BCUT2D eigenvalue weighted by molar-refractivity contribution is 7.91. The summed E-state index contributed by atoms with van der Waals surface area (Å²) in [7, 11) is -16.1. The van der Waals surface area contributed by atoms with Gasteiger partial charge in [0.05, 0.1) is 28.2 Å². The molecule has 3 N–H and O–H groups in total. The van der Waals surface area contributed by atoms with Gasteiger partial charge in [0.2, 0.25) is 5.36 Å². The lowest BCUT2D eigenvalue weighted by molar-refractivity contribution is 0.284. The van der Waals surface area contributed by atoms with E-state index >= 15 is 0 Å². The predicted molar refractivity (Wildman–Crippen MR) is 187 cm³/mol. The van der Waals surface area contributed by atoms with Crippen LogP contribution in [0, 0.1) is 0 Å². The first-order valence-corrected chi connectivity index (χ1v) is 21.1. The highest BCUT2D eigenvalue weighted by Crippen LogP contribution is 2.42. The number of rotatable bonds is 14. The Labute approximate surface area is 294 Å². The molecule has 0 aromatic heterocycles. The van der Waals surface area contributed by atoms with Gasteiger partial charge in [-0.05, 0) is 48.4 Å². The fourth-order valence-corrected chi connectivity index (χ4v) is 8.05. The number of nitrogens with one attached hydrogen (secondary N) is 1. The first-order valence-electron chi connectivity index (χ1n) is 15.0. The Hall–Kier alpha value is -4.21. The first-order chi connectivity index (χ1) is 23.8. The fourth-order valence-electron chi connectivity index (χ4n) is 5.37. The molecule has 0 saturated carbocycles. The predicted octanol–water partition coefficient (Wildman–Crippen LogP) is 2.65. The van der Waals surface area contributed by atoms with Gasteiger partial charge in [0.1, 0.15) is 34.3 Å². The number of nitrogens with zero attached hydrogens (tertiary/aromatic N) is 1. The summed E-state index contributed by atoms with van der Waals surface area (Å²) < 4.78 is 136. The summed E-state index contributed by atoms with van der Waals surface area (Å²) in [4.78, 5) is -0.461. The van der Waals surface area contributed by atoms with Crippen molar-refractivity contribution in [2.45, 2.75) is 16.2 Å². The largest absolute Gasteiger partial charge is 0.744 e. The van der Waals surface area contributed by atoms with E-state index in [1.54, 1.807) is 66.2 Å². The number of sulfone groups is 1. The average Bonchev–Trinajstić information content (AvgIpc) is 3.04. The molecule has 5 rings (SSSR count). The highest BCUT2D eigenvalue weighted by atomic mass is 32.3. The van der Waals surface area contributed by atoms with E-state index in [2.05, 4.69) is 9.50 Å². The average molecular weight is 781 g/mol. The molecule has 0 fully saturated rings. The van der Waals surface area contributed by atoms with Crippen molar-refractivity contribution >= 4 is 57.1 Å². The standard InChI is InChI=1S/C32H32N2O13S4/c1-34(16-18-49(37,38)39)24-9-13-27-30(21-24)47-29-20-23(8-12-26(29)32(27)28-4-2-3-5-31(28)50(40,41)42)33-15-14-22-6-10-25(11-7-22)48(35,36)19-17-46-51(43,44)45/h2-13,20-21H,14-19H2,1H3,(H3,37,38,39,40,41,42,43,44,45). The van der Waals surface area contributed by atoms with Crippen LogP contribution >= 0.6 is 0 Å². The molecule has 1 aliphatic carbocycles. The third-order valence-corrected chi connectivity index (χ3v) is 11.6. The number of anilines is 1. The Kier molecular flexibility index (Phi) is 11.0. The molecule has 0 spiro atoms. The molecule has 2 aliphatic rings. The quantitative estimate of drug-likeness (QED) is 0.0835. The zero-order valence-corrected chi connectivity index (χ0v) is 30.1. The Bertz CT molecular complexity index is 2580. The summed E-state index contributed by atoms with van der Waals surface area (Å²) in [6.07, 6.45) is 0.471. The Morgan fingerprint density at radius 1 is 0.824 bits per heavy atom. The van der Waals surface area contributed by atoms with Gasteiger partial charge in [0, 0.05) is 46.4 Å². The van der Waals surface area contributed by atoms with Crippen LogP contribution in [0.5, 0.6) is 0 Å². The highest BCUT2D eigenvalue weighted by Gasteiger charge is 2.22. The molecule has 3 aromatic carbocycles. The summed E-state index contributed by atoms with van der Waals surface area (Å²) in [5.74, 6) is -0.852. The van der Waals surface area contributed by atoms with Crippen LogP contribution in [0.2, 0.25) is 0 Å². The molecule has 0 atom stereocenters. The van der Waals surface area contributed by atoms with Crippen molar-refractivity contribution in [1.29, 1.82) is 0 Å². The van der Waals surface area contributed by atoms with Gasteiger partial charge in [-0.1, -0.05) is 30.3 Å². The van der Waals surface area contributed by atoms with Crippen LogP contribution in [-0.2, 0) is 51.1 Å². The lowest BCUT2D eigenvalue weighted by Crippen LogP contribution is -2.30. The fraction of sp³-hybridized carbons (Fsp3) is 0.219. The number of hydrogen-bond acceptors (Lipinski definition) is 12. The molecule has 0 bridgehead atoms. The Morgan fingerprint density at radius 3 is 2.20 bits per heavy atom. The van der Waals surface area contributed by atoms with E-state index in [4.69, 9.17) is 8.97 Å². The van der Waals surface area contributed by atoms with Crippen LogP contribution in [-0.4, -0.2) is 85.6 Å². The molecule has 0 saturated heterocycles. The molecule has 51 heavy (non-hydrogen) atoms. The molecule has 1 heterocycles. The lowest BCUT2D eigenvalue weighted by atomic mass is 9.93. The van der Waals surface area contributed by atoms with E-state index in [9.17, 15) is 42.8 Å². The van der Waals surface area contributed by atoms with Crippen molar-refractivity contribution in [3.05, 3.63) is 95.8 Å². The second-order valence-electron chi connectivity index (χ2n) is 11.4. The van der Waals surface area contributed by atoms with Crippen LogP contribution in [0.4, 0.5) is 5.69 Å². The second-order valence-corrected chi connectivity index (χ2v) is 17.5. The molecule has 0 unspecified atom stereocenters. The zero-order valence-electron chi connectivity index (χ0n) is 26.8. The third-order valence-electron chi connectivity index (χ3n) is 7.87. The van der Waals surface area contributed by atoms with E-state index in [0.717, 1.165) is 5.56 Å². The van der Waals surface area contributed by atoms with E-state index in [1.165, 1.54) is 30.3 Å². The van der Waals surface area contributed by atoms with E-state index in [0.29, 0.717) is 51.9 Å². The summed E-state index contributed by atoms with van der Waals surface area (Å²) >= 11 is 0. The Balaban J connectivity index is 1.46. The van der Waals surface area contributed by atoms with Crippen molar-refractivity contribution in [3.63, 3.8) is 0 Å². The monoisotopic (exact) mass is 780 g/mol. The minimum atomic E-state index is -4.88. The summed E-state index contributed by atoms with van der Waals surface area (Å²) in [6.45, 7) is -0.359. The van der Waals surface area contributed by atoms with Gasteiger partial charge in [-0.15, -0.1) is 0 Å². The Morgan fingerprint density at radius 2 is 1.53 bits per heavy atom. The number of fused-ring (bicyclic) bond motifs is 2. The van der Waals surface area contributed by atoms with Crippen molar-refractivity contribution < 1.29 is 55.9 Å². The van der Waals surface area contributed by atoms with Crippen molar-refractivity contribution in [3.8, 4) is 22.5 Å². The van der Waals surface area contributed by atoms with Crippen molar-refractivity contribution in [2.75, 3.05) is 43.6 Å².